The number of rotatable bonds is 6. The average molecular weight is 279 g/mol. The van der Waals surface area contributed by atoms with E-state index < -0.39 is 0 Å². The zero-order valence-corrected chi connectivity index (χ0v) is 12.6. The predicted octanol–water partition coefficient (Wildman–Crippen LogP) is 2.74. The second-order valence-corrected chi connectivity index (χ2v) is 5.54. The molecule has 2 heterocycles. The summed E-state index contributed by atoms with van der Waals surface area (Å²) < 4.78 is 11.3. The SMILES string of the molecule is CCOc1cc(NCC2CCCOC2C(C)C)ncn1. The third-order valence-electron chi connectivity index (χ3n) is 3.63. The summed E-state index contributed by atoms with van der Waals surface area (Å²) in [6.45, 7) is 8.78. The lowest BCUT2D eigenvalue weighted by atomic mass is 9.87. The van der Waals surface area contributed by atoms with E-state index in [0.29, 0.717) is 30.4 Å². The van der Waals surface area contributed by atoms with Crippen LogP contribution >= 0.6 is 0 Å². The summed E-state index contributed by atoms with van der Waals surface area (Å²) in [7, 11) is 0. The minimum Gasteiger partial charge on any atom is -0.478 e. The van der Waals surface area contributed by atoms with Crippen molar-refractivity contribution >= 4 is 5.82 Å². The Morgan fingerprint density at radius 3 is 3.05 bits per heavy atom. The van der Waals surface area contributed by atoms with Gasteiger partial charge in [-0.25, -0.2) is 9.97 Å². The van der Waals surface area contributed by atoms with E-state index in [4.69, 9.17) is 9.47 Å². The molecule has 0 radical (unpaired) electrons. The van der Waals surface area contributed by atoms with Gasteiger partial charge in [0.15, 0.2) is 0 Å². The summed E-state index contributed by atoms with van der Waals surface area (Å²) in [4.78, 5) is 8.30. The van der Waals surface area contributed by atoms with E-state index in [-0.39, 0.29) is 0 Å². The Morgan fingerprint density at radius 1 is 1.45 bits per heavy atom. The summed E-state index contributed by atoms with van der Waals surface area (Å²) in [5.41, 5.74) is 0. The van der Waals surface area contributed by atoms with E-state index in [2.05, 4.69) is 29.1 Å². The summed E-state index contributed by atoms with van der Waals surface area (Å²) in [5.74, 6) is 2.52. The van der Waals surface area contributed by atoms with Gasteiger partial charge < -0.3 is 14.8 Å². The maximum absolute atomic E-state index is 5.91. The molecule has 0 aromatic carbocycles. The van der Waals surface area contributed by atoms with Crippen molar-refractivity contribution in [3.8, 4) is 5.88 Å². The molecule has 0 aliphatic carbocycles. The van der Waals surface area contributed by atoms with Gasteiger partial charge in [-0.1, -0.05) is 13.8 Å². The number of hydrogen-bond donors (Lipinski definition) is 1. The van der Waals surface area contributed by atoms with Gasteiger partial charge in [0.2, 0.25) is 5.88 Å². The van der Waals surface area contributed by atoms with Gasteiger partial charge >= 0.3 is 0 Å². The summed E-state index contributed by atoms with van der Waals surface area (Å²) in [6.07, 6.45) is 4.22. The van der Waals surface area contributed by atoms with E-state index in [9.17, 15) is 0 Å². The number of aromatic nitrogens is 2. The third-order valence-corrected chi connectivity index (χ3v) is 3.63. The van der Waals surface area contributed by atoms with Crippen LogP contribution in [0.1, 0.15) is 33.6 Å². The number of nitrogens with zero attached hydrogens (tertiary/aromatic N) is 2. The smallest absolute Gasteiger partial charge is 0.218 e. The van der Waals surface area contributed by atoms with Crippen molar-refractivity contribution in [2.75, 3.05) is 25.1 Å². The molecule has 1 aromatic rings. The Kier molecular flexibility index (Phi) is 5.59. The van der Waals surface area contributed by atoms with Gasteiger partial charge in [-0.15, -0.1) is 0 Å². The molecule has 1 aliphatic rings. The molecule has 2 atom stereocenters. The maximum Gasteiger partial charge on any atom is 0.218 e. The lowest BCUT2D eigenvalue weighted by molar-refractivity contribution is -0.0481. The van der Waals surface area contributed by atoms with Gasteiger partial charge in [0.1, 0.15) is 12.1 Å². The monoisotopic (exact) mass is 279 g/mol. The molecular formula is C15H25N3O2. The lowest BCUT2D eigenvalue weighted by Crippen LogP contribution is -2.37. The van der Waals surface area contributed by atoms with Crippen molar-refractivity contribution < 1.29 is 9.47 Å². The largest absolute Gasteiger partial charge is 0.478 e. The first-order valence-corrected chi connectivity index (χ1v) is 7.51. The minimum atomic E-state index is 0.337. The normalized spacial score (nSPS) is 22.8. The average Bonchev–Trinajstić information content (AvgIpc) is 2.46. The molecule has 1 fully saturated rings. The molecule has 0 bridgehead atoms. The van der Waals surface area contributed by atoms with Crippen LogP contribution in [0.3, 0.4) is 0 Å². The number of anilines is 1. The second kappa shape index (κ2) is 7.43. The van der Waals surface area contributed by atoms with Crippen molar-refractivity contribution in [2.45, 2.75) is 39.7 Å². The quantitative estimate of drug-likeness (QED) is 0.867. The van der Waals surface area contributed by atoms with Crippen LogP contribution in [0.4, 0.5) is 5.82 Å². The maximum atomic E-state index is 5.91. The molecule has 20 heavy (non-hydrogen) atoms. The fraction of sp³-hybridized carbons (Fsp3) is 0.733. The van der Waals surface area contributed by atoms with Gasteiger partial charge in [-0.2, -0.15) is 0 Å². The van der Waals surface area contributed by atoms with Gasteiger partial charge in [0.05, 0.1) is 12.7 Å². The van der Waals surface area contributed by atoms with E-state index in [1.54, 1.807) is 0 Å². The molecule has 0 spiro atoms. The zero-order chi connectivity index (χ0) is 14.4. The van der Waals surface area contributed by atoms with E-state index in [1.807, 2.05) is 13.0 Å². The molecule has 0 amide bonds. The van der Waals surface area contributed by atoms with Crippen LogP contribution < -0.4 is 10.1 Å². The molecule has 1 aromatic heterocycles. The van der Waals surface area contributed by atoms with E-state index >= 15 is 0 Å². The minimum absolute atomic E-state index is 0.337. The highest BCUT2D eigenvalue weighted by Crippen LogP contribution is 2.26. The summed E-state index contributed by atoms with van der Waals surface area (Å²) >= 11 is 0. The zero-order valence-electron chi connectivity index (χ0n) is 12.6. The van der Waals surface area contributed by atoms with Crippen molar-refractivity contribution in [3.05, 3.63) is 12.4 Å². The Hall–Kier alpha value is -1.36. The number of nitrogens with one attached hydrogen (secondary N) is 1. The highest BCUT2D eigenvalue weighted by Gasteiger charge is 2.28. The highest BCUT2D eigenvalue weighted by molar-refractivity contribution is 5.37. The van der Waals surface area contributed by atoms with Gasteiger partial charge in [0, 0.05) is 25.1 Å². The number of hydrogen-bond acceptors (Lipinski definition) is 5. The standard InChI is InChI=1S/C15H25N3O2/c1-4-19-14-8-13(17-10-18-14)16-9-12-6-5-7-20-15(12)11(2)3/h8,10-12,15H,4-7,9H2,1-3H3,(H,16,17,18). The van der Waals surface area contributed by atoms with Crippen LogP contribution in [0.25, 0.3) is 0 Å². The predicted molar refractivity (Wildman–Crippen MR) is 79.0 cm³/mol. The van der Waals surface area contributed by atoms with Crippen LogP contribution in [0.5, 0.6) is 5.88 Å². The highest BCUT2D eigenvalue weighted by atomic mass is 16.5. The fourth-order valence-corrected chi connectivity index (χ4v) is 2.72. The Morgan fingerprint density at radius 2 is 2.30 bits per heavy atom. The van der Waals surface area contributed by atoms with Crippen LogP contribution in [0, 0.1) is 11.8 Å². The molecule has 1 aliphatic heterocycles. The van der Waals surface area contributed by atoms with Crippen LogP contribution in [0.2, 0.25) is 0 Å². The number of ether oxygens (including phenoxy) is 2. The van der Waals surface area contributed by atoms with Gasteiger partial charge in [-0.3, -0.25) is 0 Å². The fourth-order valence-electron chi connectivity index (χ4n) is 2.72. The Labute approximate surface area is 121 Å². The lowest BCUT2D eigenvalue weighted by Gasteiger charge is -2.34. The molecule has 0 saturated carbocycles. The van der Waals surface area contributed by atoms with Crippen molar-refractivity contribution in [3.63, 3.8) is 0 Å². The molecule has 112 valence electrons. The van der Waals surface area contributed by atoms with Crippen LogP contribution in [0.15, 0.2) is 12.4 Å². The van der Waals surface area contributed by atoms with Crippen LogP contribution in [-0.4, -0.2) is 35.8 Å². The van der Waals surface area contributed by atoms with Gasteiger partial charge in [-0.05, 0) is 25.7 Å². The molecule has 5 nitrogen and oxygen atoms in total. The van der Waals surface area contributed by atoms with Crippen molar-refractivity contribution in [1.29, 1.82) is 0 Å². The van der Waals surface area contributed by atoms with E-state index in [1.165, 1.54) is 12.7 Å². The molecule has 2 rings (SSSR count). The van der Waals surface area contributed by atoms with Gasteiger partial charge in [0.25, 0.3) is 0 Å². The Bertz CT molecular complexity index is 412. The first-order valence-electron chi connectivity index (χ1n) is 7.51. The van der Waals surface area contributed by atoms with E-state index in [0.717, 1.165) is 25.4 Å². The molecule has 1 N–H and O–H groups in total. The molecule has 1 saturated heterocycles. The summed E-state index contributed by atoms with van der Waals surface area (Å²) in [6, 6.07) is 1.84. The third kappa shape index (κ3) is 4.07. The first kappa shape index (κ1) is 15.0. The molecular weight excluding hydrogens is 254 g/mol. The Balaban J connectivity index is 1.91. The van der Waals surface area contributed by atoms with Crippen molar-refractivity contribution in [1.82, 2.24) is 9.97 Å². The second-order valence-electron chi connectivity index (χ2n) is 5.54. The van der Waals surface area contributed by atoms with Crippen molar-refractivity contribution in [2.24, 2.45) is 11.8 Å². The summed E-state index contributed by atoms with van der Waals surface area (Å²) in [5, 5.41) is 3.39. The molecule has 5 heteroatoms. The molecule has 2 unspecified atom stereocenters. The van der Waals surface area contributed by atoms with Crippen LogP contribution in [-0.2, 0) is 4.74 Å². The first-order chi connectivity index (χ1) is 9.70. The topological polar surface area (TPSA) is 56.3 Å².